The molecule has 1 atom stereocenters. The summed E-state index contributed by atoms with van der Waals surface area (Å²) in [4.78, 5) is 25.6. The van der Waals surface area contributed by atoms with Crippen molar-refractivity contribution in [3.8, 4) is 5.75 Å². The molecule has 1 aliphatic rings. The van der Waals surface area contributed by atoms with Crippen LogP contribution in [0.3, 0.4) is 0 Å². The van der Waals surface area contributed by atoms with E-state index in [2.05, 4.69) is 5.32 Å². The number of hydrogen-bond acceptors (Lipinski definition) is 3. The summed E-state index contributed by atoms with van der Waals surface area (Å²) in [5.41, 5.74) is 2.48. The lowest BCUT2D eigenvalue weighted by molar-refractivity contribution is -0.122. The largest absolute Gasteiger partial charge is 0.481 e. The summed E-state index contributed by atoms with van der Waals surface area (Å²) in [5, 5.41) is 2.83. The molecule has 2 aromatic rings. The average molecular weight is 310 g/mol. The maximum absolute atomic E-state index is 12.2. The van der Waals surface area contributed by atoms with Crippen LogP contribution in [0.4, 0.5) is 11.4 Å². The fourth-order valence-corrected chi connectivity index (χ4v) is 2.55. The summed E-state index contributed by atoms with van der Waals surface area (Å²) in [7, 11) is 1.75. The Morgan fingerprint density at radius 1 is 1.22 bits per heavy atom. The Labute approximate surface area is 134 Å². The maximum atomic E-state index is 12.2. The first-order valence-corrected chi connectivity index (χ1v) is 7.46. The number of nitrogens with one attached hydrogen (secondary N) is 1. The Morgan fingerprint density at radius 3 is 2.70 bits per heavy atom. The fraction of sp³-hybridized carbons (Fsp3) is 0.222. The summed E-state index contributed by atoms with van der Waals surface area (Å²) in [6.45, 7) is 1.70. The van der Waals surface area contributed by atoms with Crippen LogP contribution in [0.1, 0.15) is 12.5 Å². The molecule has 0 bridgehead atoms. The molecule has 1 aliphatic heterocycles. The summed E-state index contributed by atoms with van der Waals surface area (Å²) in [6, 6.07) is 14.7. The zero-order chi connectivity index (χ0) is 16.4. The predicted octanol–water partition coefficient (Wildman–Crippen LogP) is 2.61. The smallest absolute Gasteiger partial charge is 0.265 e. The molecule has 118 valence electrons. The summed E-state index contributed by atoms with van der Waals surface area (Å²) >= 11 is 0. The van der Waals surface area contributed by atoms with E-state index in [1.165, 1.54) is 0 Å². The highest BCUT2D eigenvalue weighted by Crippen LogP contribution is 2.30. The molecule has 23 heavy (non-hydrogen) atoms. The molecule has 1 unspecified atom stereocenters. The van der Waals surface area contributed by atoms with Crippen molar-refractivity contribution >= 4 is 23.2 Å². The van der Waals surface area contributed by atoms with Crippen LogP contribution >= 0.6 is 0 Å². The van der Waals surface area contributed by atoms with Gasteiger partial charge in [-0.3, -0.25) is 9.59 Å². The number of anilines is 2. The molecule has 0 fully saturated rings. The third-order valence-corrected chi connectivity index (χ3v) is 3.85. The summed E-state index contributed by atoms with van der Waals surface area (Å²) in [6.07, 6.45) is -0.249. The van der Waals surface area contributed by atoms with Gasteiger partial charge in [0.2, 0.25) is 5.91 Å². The van der Waals surface area contributed by atoms with E-state index in [1.807, 2.05) is 30.3 Å². The van der Waals surface area contributed by atoms with Crippen molar-refractivity contribution in [2.75, 3.05) is 17.3 Å². The fourth-order valence-electron chi connectivity index (χ4n) is 2.55. The Kier molecular flexibility index (Phi) is 4.02. The highest BCUT2D eigenvalue weighted by molar-refractivity contribution is 6.02. The van der Waals surface area contributed by atoms with E-state index in [4.69, 9.17) is 4.74 Å². The molecular weight excluding hydrogens is 292 g/mol. The van der Waals surface area contributed by atoms with Crippen LogP contribution in [0, 0.1) is 0 Å². The molecule has 5 nitrogen and oxygen atoms in total. The van der Waals surface area contributed by atoms with Crippen LogP contribution < -0.4 is 15.0 Å². The van der Waals surface area contributed by atoms with Crippen LogP contribution in [0.2, 0.25) is 0 Å². The lowest BCUT2D eigenvalue weighted by Gasteiger charge is -2.15. The Morgan fingerprint density at radius 2 is 1.96 bits per heavy atom. The van der Waals surface area contributed by atoms with Crippen molar-refractivity contribution < 1.29 is 14.3 Å². The van der Waals surface area contributed by atoms with Crippen molar-refractivity contribution in [1.82, 2.24) is 0 Å². The van der Waals surface area contributed by atoms with E-state index >= 15 is 0 Å². The molecule has 3 rings (SSSR count). The van der Waals surface area contributed by atoms with Gasteiger partial charge in [-0.05, 0) is 42.8 Å². The van der Waals surface area contributed by atoms with E-state index in [0.717, 1.165) is 11.3 Å². The second-order valence-electron chi connectivity index (χ2n) is 5.54. The van der Waals surface area contributed by atoms with Gasteiger partial charge in [0.05, 0.1) is 6.42 Å². The van der Waals surface area contributed by atoms with E-state index in [9.17, 15) is 9.59 Å². The minimum absolute atomic E-state index is 0.0595. The number of hydrogen-bond donors (Lipinski definition) is 1. The van der Waals surface area contributed by atoms with E-state index in [0.29, 0.717) is 17.9 Å². The number of para-hydroxylation sites is 1. The first-order valence-electron chi connectivity index (χ1n) is 7.46. The van der Waals surface area contributed by atoms with Gasteiger partial charge in [0.1, 0.15) is 5.75 Å². The van der Waals surface area contributed by atoms with Crippen LogP contribution in [0.15, 0.2) is 48.5 Å². The van der Waals surface area contributed by atoms with Crippen molar-refractivity contribution in [2.45, 2.75) is 19.4 Å². The third-order valence-electron chi connectivity index (χ3n) is 3.85. The molecule has 2 amide bonds. The van der Waals surface area contributed by atoms with Gasteiger partial charge >= 0.3 is 0 Å². The number of carbonyl (C=O) groups excluding carboxylic acids is 2. The maximum Gasteiger partial charge on any atom is 0.265 e. The number of rotatable bonds is 4. The van der Waals surface area contributed by atoms with Crippen molar-refractivity contribution in [2.24, 2.45) is 0 Å². The van der Waals surface area contributed by atoms with Crippen molar-refractivity contribution in [3.63, 3.8) is 0 Å². The van der Waals surface area contributed by atoms with E-state index in [-0.39, 0.29) is 11.8 Å². The Balaban J connectivity index is 1.67. The number of nitrogens with zero attached hydrogens (tertiary/aromatic N) is 1. The van der Waals surface area contributed by atoms with Crippen LogP contribution in [-0.2, 0) is 16.0 Å². The summed E-state index contributed by atoms with van der Waals surface area (Å²) in [5.74, 6) is 0.479. The highest BCUT2D eigenvalue weighted by Gasteiger charge is 2.24. The molecule has 5 heteroatoms. The number of carbonyl (C=O) groups is 2. The Bertz CT molecular complexity index is 743. The van der Waals surface area contributed by atoms with Gasteiger partial charge in [-0.1, -0.05) is 18.2 Å². The SMILES string of the molecule is CC(Oc1ccccc1)C(=O)Nc1ccc2c(c1)CC(=O)N2C. The van der Waals surface area contributed by atoms with Gasteiger partial charge in [-0.2, -0.15) is 0 Å². The van der Waals surface area contributed by atoms with Crippen LogP contribution in [-0.4, -0.2) is 25.0 Å². The van der Waals surface area contributed by atoms with Crippen LogP contribution in [0.5, 0.6) is 5.75 Å². The molecule has 2 aromatic carbocycles. The van der Waals surface area contributed by atoms with Gasteiger partial charge in [-0.15, -0.1) is 0 Å². The third kappa shape index (κ3) is 3.18. The van der Waals surface area contributed by atoms with Gasteiger partial charge in [0.25, 0.3) is 5.91 Å². The minimum atomic E-state index is -0.616. The van der Waals surface area contributed by atoms with Gasteiger partial charge in [0, 0.05) is 18.4 Å². The number of amides is 2. The topological polar surface area (TPSA) is 58.6 Å². The van der Waals surface area contributed by atoms with Gasteiger partial charge in [-0.25, -0.2) is 0 Å². The number of benzene rings is 2. The normalized spacial score (nSPS) is 14.3. The monoisotopic (exact) mass is 310 g/mol. The number of fused-ring (bicyclic) bond motifs is 1. The molecule has 0 spiro atoms. The van der Waals surface area contributed by atoms with Gasteiger partial charge in [0.15, 0.2) is 6.10 Å². The lowest BCUT2D eigenvalue weighted by Crippen LogP contribution is -2.30. The first-order chi connectivity index (χ1) is 11.0. The highest BCUT2D eigenvalue weighted by atomic mass is 16.5. The number of ether oxygens (including phenoxy) is 1. The predicted molar refractivity (Wildman–Crippen MR) is 88.7 cm³/mol. The Hall–Kier alpha value is -2.82. The van der Waals surface area contributed by atoms with Crippen LogP contribution in [0.25, 0.3) is 0 Å². The molecule has 1 N–H and O–H groups in total. The zero-order valence-corrected chi connectivity index (χ0v) is 13.1. The molecule has 0 radical (unpaired) electrons. The van der Waals surface area contributed by atoms with E-state index < -0.39 is 6.10 Å². The molecule has 0 saturated carbocycles. The van der Waals surface area contributed by atoms with Crippen molar-refractivity contribution in [3.05, 3.63) is 54.1 Å². The quantitative estimate of drug-likeness (QED) is 0.944. The second-order valence-corrected chi connectivity index (χ2v) is 5.54. The van der Waals surface area contributed by atoms with Gasteiger partial charge < -0.3 is 15.0 Å². The lowest BCUT2D eigenvalue weighted by atomic mass is 10.1. The number of likely N-dealkylation sites (N-methyl/N-ethyl adjacent to an activating group) is 1. The second kappa shape index (κ2) is 6.12. The molecule has 0 saturated heterocycles. The minimum Gasteiger partial charge on any atom is -0.481 e. The molecular formula is C18H18N2O3. The first kappa shape index (κ1) is 15.1. The molecule has 0 aliphatic carbocycles. The molecule has 1 heterocycles. The zero-order valence-electron chi connectivity index (χ0n) is 13.1. The summed E-state index contributed by atoms with van der Waals surface area (Å²) < 4.78 is 5.60. The van der Waals surface area contributed by atoms with E-state index in [1.54, 1.807) is 37.1 Å². The standard InChI is InChI=1S/C18H18N2O3/c1-12(23-15-6-4-3-5-7-15)18(22)19-14-8-9-16-13(10-14)11-17(21)20(16)2/h3-10,12H,11H2,1-2H3,(H,19,22). The van der Waals surface area contributed by atoms with Crippen molar-refractivity contribution in [1.29, 1.82) is 0 Å². The molecule has 0 aromatic heterocycles. The average Bonchev–Trinajstić information content (AvgIpc) is 2.82.